The fourth-order valence-electron chi connectivity index (χ4n) is 5.23. The molecule has 5 atom stereocenters. The molecule has 170 valence electrons. The van der Waals surface area contributed by atoms with Gasteiger partial charge in [0.2, 0.25) is 0 Å². The third-order valence-corrected chi connectivity index (χ3v) is 7.28. The standard InChI is InChI=1S/C27H45NO2/c1-20(2)9-6-10-21(3)11-7-12-22(4)13-8-15-27(19-28)16-14-24-18-25(29)17-23(5)26(24)30-27/h18,20-23,26H,6-17H2,1-5H3. The summed E-state index contributed by atoms with van der Waals surface area (Å²) in [4.78, 5) is 11.8. The number of ketones is 1. The summed E-state index contributed by atoms with van der Waals surface area (Å²) >= 11 is 0. The first-order valence-corrected chi connectivity index (χ1v) is 12.6. The van der Waals surface area contributed by atoms with Crippen molar-refractivity contribution in [3.63, 3.8) is 0 Å². The van der Waals surface area contributed by atoms with Gasteiger partial charge in [-0.1, -0.05) is 79.6 Å². The average molecular weight is 416 g/mol. The fraction of sp³-hybridized carbons (Fsp3) is 0.852. The first-order valence-electron chi connectivity index (χ1n) is 12.6. The Kier molecular flexibility index (Phi) is 10.1. The monoisotopic (exact) mass is 415 g/mol. The third kappa shape index (κ3) is 7.84. The number of hydrogen-bond donors (Lipinski definition) is 0. The highest BCUT2D eigenvalue weighted by Crippen LogP contribution is 2.41. The van der Waals surface area contributed by atoms with Gasteiger partial charge in [0.25, 0.3) is 0 Å². The minimum absolute atomic E-state index is 0.0364. The molecule has 0 amide bonds. The average Bonchev–Trinajstić information content (AvgIpc) is 2.68. The van der Waals surface area contributed by atoms with Gasteiger partial charge in [-0.25, -0.2) is 0 Å². The molecule has 0 spiro atoms. The number of hydrogen-bond acceptors (Lipinski definition) is 3. The largest absolute Gasteiger partial charge is 0.352 e. The fourth-order valence-corrected chi connectivity index (χ4v) is 5.23. The Balaban J connectivity index is 1.68. The molecule has 1 saturated heterocycles. The van der Waals surface area contributed by atoms with Crippen molar-refractivity contribution in [2.75, 3.05) is 0 Å². The van der Waals surface area contributed by atoms with Crippen molar-refractivity contribution in [1.29, 1.82) is 5.26 Å². The summed E-state index contributed by atoms with van der Waals surface area (Å²) in [6.45, 7) is 11.5. The molecule has 30 heavy (non-hydrogen) atoms. The molecule has 3 nitrogen and oxygen atoms in total. The van der Waals surface area contributed by atoms with E-state index in [0.29, 0.717) is 12.3 Å². The zero-order valence-corrected chi connectivity index (χ0v) is 20.2. The number of carbonyl (C=O) groups is 1. The zero-order valence-electron chi connectivity index (χ0n) is 20.2. The molecule has 0 saturated carbocycles. The van der Waals surface area contributed by atoms with Gasteiger partial charge in [0.1, 0.15) is 0 Å². The number of nitriles is 1. The van der Waals surface area contributed by atoms with Crippen LogP contribution in [0.15, 0.2) is 11.6 Å². The van der Waals surface area contributed by atoms with Gasteiger partial charge >= 0.3 is 0 Å². The van der Waals surface area contributed by atoms with E-state index in [4.69, 9.17) is 4.74 Å². The minimum atomic E-state index is -0.651. The summed E-state index contributed by atoms with van der Waals surface area (Å²) < 4.78 is 6.35. The molecule has 0 bridgehead atoms. The van der Waals surface area contributed by atoms with E-state index in [2.05, 4.69) is 40.7 Å². The third-order valence-electron chi connectivity index (χ3n) is 7.28. The lowest BCUT2D eigenvalue weighted by atomic mass is 9.78. The van der Waals surface area contributed by atoms with Gasteiger partial charge in [-0.05, 0) is 61.0 Å². The maximum Gasteiger partial charge on any atom is 0.156 e. The molecular weight excluding hydrogens is 370 g/mol. The summed E-state index contributed by atoms with van der Waals surface area (Å²) in [5.74, 6) is 2.79. The van der Waals surface area contributed by atoms with Gasteiger partial charge in [0, 0.05) is 6.42 Å². The van der Waals surface area contributed by atoms with Crippen LogP contribution < -0.4 is 0 Å². The van der Waals surface area contributed by atoms with Gasteiger partial charge in [-0.2, -0.15) is 5.26 Å². The molecule has 0 N–H and O–H groups in total. The van der Waals surface area contributed by atoms with E-state index in [1.165, 1.54) is 44.9 Å². The Hall–Kier alpha value is -1.14. The van der Waals surface area contributed by atoms with Crippen molar-refractivity contribution in [3.8, 4) is 6.07 Å². The second-order valence-electron chi connectivity index (χ2n) is 10.9. The Labute approximate surface area is 185 Å². The van der Waals surface area contributed by atoms with Crippen LogP contribution in [0.5, 0.6) is 0 Å². The first kappa shape index (κ1) is 25.1. The Bertz CT molecular complexity index is 617. The van der Waals surface area contributed by atoms with Gasteiger partial charge in [-0.3, -0.25) is 4.79 Å². The van der Waals surface area contributed by atoms with Crippen LogP contribution in [0, 0.1) is 35.0 Å². The molecule has 0 aromatic carbocycles. The molecule has 3 heteroatoms. The van der Waals surface area contributed by atoms with Crippen LogP contribution >= 0.6 is 0 Å². The van der Waals surface area contributed by atoms with Gasteiger partial charge < -0.3 is 4.74 Å². The second-order valence-corrected chi connectivity index (χ2v) is 10.9. The summed E-state index contributed by atoms with van der Waals surface area (Å²) in [7, 11) is 0. The summed E-state index contributed by atoms with van der Waals surface area (Å²) in [6.07, 6.45) is 15.0. The highest BCUT2D eigenvalue weighted by Gasteiger charge is 2.43. The van der Waals surface area contributed by atoms with Crippen molar-refractivity contribution in [2.45, 2.75) is 123 Å². The smallest absolute Gasteiger partial charge is 0.156 e. The predicted octanol–water partition coefficient (Wildman–Crippen LogP) is 7.40. The highest BCUT2D eigenvalue weighted by atomic mass is 16.5. The molecule has 0 aromatic rings. The lowest BCUT2D eigenvalue weighted by Gasteiger charge is -2.42. The van der Waals surface area contributed by atoms with Crippen LogP contribution in [0.25, 0.3) is 0 Å². The van der Waals surface area contributed by atoms with E-state index in [-0.39, 0.29) is 17.8 Å². The van der Waals surface area contributed by atoms with Crippen LogP contribution in [-0.2, 0) is 9.53 Å². The summed E-state index contributed by atoms with van der Waals surface area (Å²) in [5, 5.41) is 9.88. The van der Waals surface area contributed by atoms with Crippen molar-refractivity contribution >= 4 is 5.78 Å². The van der Waals surface area contributed by atoms with Crippen LogP contribution in [0.2, 0.25) is 0 Å². The predicted molar refractivity (Wildman–Crippen MR) is 124 cm³/mol. The number of carbonyl (C=O) groups excluding carboxylic acids is 1. The van der Waals surface area contributed by atoms with Crippen molar-refractivity contribution in [2.24, 2.45) is 23.7 Å². The summed E-state index contributed by atoms with van der Waals surface area (Å²) in [5.41, 5.74) is 0.460. The van der Waals surface area contributed by atoms with Crippen LogP contribution in [0.4, 0.5) is 0 Å². The number of rotatable bonds is 12. The van der Waals surface area contributed by atoms with E-state index >= 15 is 0 Å². The molecule has 2 aliphatic rings. The zero-order chi connectivity index (χ0) is 22.1. The minimum Gasteiger partial charge on any atom is -0.352 e. The molecule has 0 radical (unpaired) electrons. The Morgan fingerprint density at radius 3 is 2.27 bits per heavy atom. The van der Waals surface area contributed by atoms with Gasteiger partial charge in [0.15, 0.2) is 11.4 Å². The van der Waals surface area contributed by atoms with Gasteiger partial charge in [0.05, 0.1) is 12.2 Å². The molecule has 1 aliphatic heterocycles. The van der Waals surface area contributed by atoms with E-state index < -0.39 is 5.60 Å². The van der Waals surface area contributed by atoms with Gasteiger partial charge in [-0.15, -0.1) is 0 Å². The second kappa shape index (κ2) is 12.0. The number of nitrogens with zero attached hydrogens (tertiary/aromatic N) is 1. The summed E-state index contributed by atoms with van der Waals surface area (Å²) in [6, 6.07) is 2.51. The SMILES string of the molecule is CC(C)CCCC(C)CCCC(C)CCCC1(C#N)CCC2=CC(=O)CC(C)C2O1. The van der Waals surface area contributed by atoms with Crippen molar-refractivity contribution in [1.82, 2.24) is 0 Å². The van der Waals surface area contributed by atoms with E-state index in [9.17, 15) is 10.1 Å². The molecule has 1 aliphatic carbocycles. The maximum atomic E-state index is 11.8. The first-order chi connectivity index (χ1) is 14.2. The molecule has 0 aromatic heterocycles. The highest BCUT2D eigenvalue weighted by molar-refractivity contribution is 5.91. The molecule has 1 fully saturated rings. The number of ether oxygens (including phenoxy) is 1. The van der Waals surface area contributed by atoms with E-state index in [0.717, 1.165) is 43.1 Å². The molecule has 5 unspecified atom stereocenters. The Morgan fingerprint density at radius 2 is 1.67 bits per heavy atom. The van der Waals surface area contributed by atoms with E-state index in [1.807, 2.05) is 0 Å². The number of allylic oxidation sites excluding steroid dienone is 1. The molecular formula is C27H45NO2. The lowest BCUT2D eigenvalue weighted by Crippen LogP contribution is -2.45. The van der Waals surface area contributed by atoms with Crippen molar-refractivity contribution < 1.29 is 9.53 Å². The quantitative estimate of drug-likeness (QED) is 0.333. The number of fused-ring (bicyclic) bond motifs is 1. The van der Waals surface area contributed by atoms with Crippen LogP contribution in [0.1, 0.15) is 112 Å². The Morgan fingerprint density at radius 1 is 1.07 bits per heavy atom. The molecule has 1 heterocycles. The lowest BCUT2D eigenvalue weighted by molar-refractivity contribution is -0.124. The van der Waals surface area contributed by atoms with E-state index in [1.54, 1.807) is 6.08 Å². The normalized spacial score (nSPS) is 28.6. The van der Waals surface area contributed by atoms with Crippen molar-refractivity contribution in [3.05, 3.63) is 11.6 Å². The van der Waals surface area contributed by atoms with Crippen LogP contribution in [-0.4, -0.2) is 17.5 Å². The van der Waals surface area contributed by atoms with Crippen LogP contribution in [0.3, 0.4) is 0 Å². The topological polar surface area (TPSA) is 50.1 Å². The molecule has 2 rings (SSSR count). The maximum absolute atomic E-state index is 11.8.